The monoisotopic (exact) mass is 519 g/mol. The lowest BCUT2D eigenvalue weighted by Crippen LogP contribution is -2.56. The smallest absolute Gasteiger partial charge is 0.134 e. The number of hydrogen-bond donors (Lipinski definition) is 0. The molecule has 0 saturated carbocycles. The maximum Gasteiger partial charge on any atom is 0.134 e. The van der Waals surface area contributed by atoms with Crippen LogP contribution in [-0.4, -0.2) is 8.07 Å². The number of anilines is 3. The van der Waals surface area contributed by atoms with Crippen molar-refractivity contribution in [2.75, 3.05) is 4.90 Å². The van der Waals surface area contributed by atoms with E-state index in [9.17, 15) is 0 Å². The predicted octanol–water partition coefficient (Wildman–Crippen LogP) is 8.90. The number of para-hydroxylation sites is 3. The minimum Gasteiger partial charge on any atom is -0.457 e. The van der Waals surface area contributed by atoms with E-state index in [4.69, 9.17) is 4.74 Å². The molecule has 0 saturated heterocycles. The van der Waals surface area contributed by atoms with Crippen molar-refractivity contribution in [1.29, 1.82) is 0 Å². The molecule has 6 aromatic carbocycles. The van der Waals surface area contributed by atoms with Gasteiger partial charge in [0.2, 0.25) is 0 Å². The van der Waals surface area contributed by atoms with Gasteiger partial charge in [-0.05, 0) is 57.7 Å². The fraction of sp³-hybridized carbons (Fsp3) is 0.0556. The molecule has 0 radical (unpaired) electrons. The third-order valence-electron chi connectivity index (χ3n) is 7.92. The summed E-state index contributed by atoms with van der Waals surface area (Å²) in [6.07, 6.45) is 0. The zero-order chi connectivity index (χ0) is 26.4. The summed E-state index contributed by atoms with van der Waals surface area (Å²) in [6, 6.07) is 49.7. The number of ether oxygens (including phenoxy) is 1. The predicted molar refractivity (Wildman–Crippen MR) is 167 cm³/mol. The molecule has 0 aliphatic carbocycles. The van der Waals surface area contributed by atoms with E-state index in [1.54, 1.807) is 0 Å². The average molecular weight is 520 g/mol. The van der Waals surface area contributed by atoms with Crippen molar-refractivity contribution < 1.29 is 4.74 Å². The Hall–Kier alpha value is -4.60. The third-order valence-corrected chi connectivity index (χ3v) is 11.4. The van der Waals surface area contributed by atoms with Crippen molar-refractivity contribution in [3.63, 3.8) is 0 Å². The van der Waals surface area contributed by atoms with Crippen molar-refractivity contribution in [2.24, 2.45) is 0 Å². The quantitative estimate of drug-likeness (QED) is 0.216. The molecule has 0 aromatic heterocycles. The Kier molecular flexibility index (Phi) is 5.61. The molecule has 7 rings (SSSR count). The molecule has 1 aliphatic heterocycles. The first-order valence-electron chi connectivity index (χ1n) is 13.5. The van der Waals surface area contributed by atoms with E-state index < -0.39 is 8.07 Å². The molecule has 0 atom stereocenters. The summed E-state index contributed by atoms with van der Waals surface area (Å²) in [5.74, 6) is 2.01. The molecule has 0 fully saturated rings. The number of fused-ring (bicyclic) bond motifs is 3. The molecule has 2 nitrogen and oxygen atoms in total. The lowest BCUT2D eigenvalue weighted by Gasteiger charge is -2.34. The molecular formula is C36H29NOSi. The molecule has 1 aliphatic rings. The van der Waals surface area contributed by atoms with Crippen LogP contribution >= 0.6 is 0 Å². The van der Waals surface area contributed by atoms with E-state index in [0.717, 1.165) is 39.7 Å². The number of nitrogens with zero attached hydrogens (tertiary/aromatic N) is 1. The van der Waals surface area contributed by atoms with E-state index in [-0.39, 0.29) is 0 Å². The van der Waals surface area contributed by atoms with Gasteiger partial charge < -0.3 is 9.64 Å². The van der Waals surface area contributed by atoms with Crippen molar-refractivity contribution in [3.8, 4) is 22.6 Å². The van der Waals surface area contributed by atoms with Gasteiger partial charge in [0.25, 0.3) is 0 Å². The van der Waals surface area contributed by atoms with E-state index in [2.05, 4.69) is 158 Å². The first kappa shape index (κ1) is 23.5. The van der Waals surface area contributed by atoms with Gasteiger partial charge in [-0.2, -0.15) is 0 Å². The van der Waals surface area contributed by atoms with Crippen LogP contribution in [0.2, 0.25) is 13.1 Å². The van der Waals surface area contributed by atoms with Crippen LogP contribution in [0.15, 0.2) is 140 Å². The van der Waals surface area contributed by atoms with Gasteiger partial charge in [-0.3, -0.25) is 0 Å². The fourth-order valence-electron chi connectivity index (χ4n) is 5.89. The Morgan fingerprint density at radius 2 is 1.18 bits per heavy atom. The van der Waals surface area contributed by atoms with Crippen LogP contribution in [0.25, 0.3) is 21.9 Å². The van der Waals surface area contributed by atoms with Crippen LogP contribution < -0.4 is 20.0 Å². The van der Waals surface area contributed by atoms with Gasteiger partial charge in [0.15, 0.2) is 0 Å². The van der Waals surface area contributed by atoms with E-state index in [0.29, 0.717) is 0 Å². The highest BCUT2D eigenvalue weighted by Gasteiger charge is 2.37. The Balaban J connectivity index is 1.34. The molecular weight excluding hydrogens is 490 g/mol. The molecule has 0 spiro atoms. The molecule has 0 unspecified atom stereocenters. The molecule has 39 heavy (non-hydrogen) atoms. The van der Waals surface area contributed by atoms with E-state index in [1.807, 2.05) is 0 Å². The van der Waals surface area contributed by atoms with Crippen LogP contribution in [0.4, 0.5) is 17.1 Å². The summed E-state index contributed by atoms with van der Waals surface area (Å²) in [5.41, 5.74) is 5.71. The summed E-state index contributed by atoms with van der Waals surface area (Å²) in [5, 5.41) is 5.17. The van der Waals surface area contributed by atoms with Crippen molar-refractivity contribution in [3.05, 3.63) is 140 Å². The number of benzene rings is 6. The molecule has 0 bridgehead atoms. The second-order valence-electron chi connectivity index (χ2n) is 10.6. The lowest BCUT2D eigenvalue weighted by atomic mass is 10.0. The van der Waals surface area contributed by atoms with Crippen LogP contribution in [-0.2, 0) is 0 Å². The average Bonchev–Trinajstić information content (AvgIpc) is 2.98. The van der Waals surface area contributed by atoms with Crippen LogP contribution in [0.5, 0.6) is 11.5 Å². The molecule has 3 heteroatoms. The van der Waals surface area contributed by atoms with Crippen molar-refractivity contribution in [2.45, 2.75) is 13.1 Å². The first-order valence-corrected chi connectivity index (χ1v) is 16.5. The molecule has 1 heterocycles. The summed E-state index contributed by atoms with van der Waals surface area (Å²) < 4.78 is 6.59. The molecule has 188 valence electrons. The largest absolute Gasteiger partial charge is 0.457 e. The van der Waals surface area contributed by atoms with Gasteiger partial charge in [0.1, 0.15) is 19.6 Å². The molecule has 6 aromatic rings. The second kappa shape index (κ2) is 9.30. The van der Waals surface area contributed by atoms with Crippen molar-refractivity contribution in [1.82, 2.24) is 0 Å². The topological polar surface area (TPSA) is 12.5 Å². The van der Waals surface area contributed by atoms with Gasteiger partial charge in [0.05, 0.1) is 5.69 Å². The highest BCUT2D eigenvalue weighted by Crippen LogP contribution is 2.41. The summed E-state index contributed by atoms with van der Waals surface area (Å²) in [7, 11) is -1.87. The highest BCUT2D eigenvalue weighted by atomic mass is 28.3. The Labute approximate surface area is 230 Å². The summed E-state index contributed by atoms with van der Waals surface area (Å²) in [6.45, 7) is 4.84. The minimum atomic E-state index is -1.87. The normalized spacial score (nSPS) is 13.3. The van der Waals surface area contributed by atoms with Gasteiger partial charge in [0, 0.05) is 22.3 Å². The first-order chi connectivity index (χ1) is 19.1. The second-order valence-corrected chi connectivity index (χ2v) is 14.9. The number of hydrogen-bond acceptors (Lipinski definition) is 2. The Morgan fingerprint density at radius 3 is 2.03 bits per heavy atom. The van der Waals surface area contributed by atoms with Gasteiger partial charge >= 0.3 is 0 Å². The molecule has 0 N–H and O–H groups in total. The van der Waals surface area contributed by atoms with Crippen LogP contribution in [0, 0.1) is 0 Å². The van der Waals surface area contributed by atoms with Gasteiger partial charge in [-0.25, -0.2) is 0 Å². The van der Waals surface area contributed by atoms with E-state index >= 15 is 0 Å². The summed E-state index contributed by atoms with van der Waals surface area (Å²) in [4.78, 5) is 2.34. The lowest BCUT2D eigenvalue weighted by molar-refractivity contribution is 0.488. The highest BCUT2D eigenvalue weighted by molar-refractivity contribution is 7.01. The zero-order valence-electron chi connectivity index (χ0n) is 22.1. The third kappa shape index (κ3) is 3.94. The van der Waals surface area contributed by atoms with Gasteiger partial charge in [-0.15, -0.1) is 0 Å². The maximum atomic E-state index is 6.59. The van der Waals surface area contributed by atoms with Crippen molar-refractivity contribution >= 4 is 46.3 Å². The Morgan fingerprint density at radius 1 is 0.538 bits per heavy atom. The zero-order valence-corrected chi connectivity index (χ0v) is 23.1. The fourth-order valence-corrected chi connectivity index (χ4v) is 8.71. The molecule has 0 amide bonds. The maximum absolute atomic E-state index is 6.59. The standard InChI is InChI=1S/C36H29NOSi/c1-39(2)34-20-9-8-19-33(34)38-36-31(17-11-21-35(36)39)27-22-24-29(25-23-27)37(28-14-4-3-5-15-28)32-18-10-13-26-12-6-7-16-30(26)32/h3-25H,1-2H3. The van der Waals surface area contributed by atoms with Gasteiger partial charge in [-0.1, -0.05) is 116 Å². The van der Waals surface area contributed by atoms with Crippen LogP contribution in [0.1, 0.15) is 0 Å². The minimum absolute atomic E-state index is 0.997. The SMILES string of the molecule is C[Si]1(C)c2ccccc2Oc2c(-c3ccc(N(c4ccccc4)c4cccc5ccccc45)cc3)cccc21. The summed E-state index contributed by atoms with van der Waals surface area (Å²) >= 11 is 0. The van der Waals surface area contributed by atoms with E-state index in [1.165, 1.54) is 21.1 Å². The Bertz CT molecular complexity index is 1800. The van der Waals surface area contributed by atoms with Crippen LogP contribution in [0.3, 0.4) is 0 Å². The number of rotatable bonds is 4.